The highest BCUT2D eigenvalue weighted by atomic mass is 16.5. The molecule has 0 saturated heterocycles. The molecule has 0 bridgehead atoms. The number of benzene rings is 2. The van der Waals surface area contributed by atoms with Gasteiger partial charge in [0.15, 0.2) is 5.69 Å². The molecule has 1 aromatic heterocycles. The molecule has 0 fully saturated rings. The fourth-order valence-corrected chi connectivity index (χ4v) is 3.24. The quantitative estimate of drug-likeness (QED) is 0.592. The van der Waals surface area contributed by atoms with Gasteiger partial charge in [0.1, 0.15) is 5.75 Å². The minimum Gasteiger partial charge on any atom is -0.494 e. The number of rotatable bonds is 7. The smallest absolute Gasteiger partial charge is 0.280 e. The molecular formula is C23H25N5O2. The zero-order chi connectivity index (χ0) is 21.7. The van der Waals surface area contributed by atoms with Gasteiger partial charge in [0.2, 0.25) is 0 Å². The third kappa shape index (κ3) is 4.49. The Labute approximate surface area is 176 Å². The first-order valence-corrected chi connectivity index (χ1v) is 9.87. The van der Waals surface area contributed by atoms with Gasteiger partial charge in [-0.25, -0.2) is 0 Å². The SMILES string of the molecule is CCOc1ccc(N(CCC#N)C(=O)c2nn(-c3ccc(C)cc3C)nc2C)cc1. The van der Waals surface area contributed by atoms with Crippen molar-refractivity contribution in [2.24, 2.45) is 0 Å². The van der Waals surface area contributed by atoms with Crippen molar-refractivity contribution in [1.82, 2.24) is 15.0 Å². The zero-order valence-electron chi connectivity index (χ0n) is 17.7. The normalized spacial score (nSPS) is 10.5. The van der Waals surface area contributed by atoms with Crippen molar-refractivity contribution < 1.29 is 9.53 Å². The summed E-state index contributed by atoms with van der Waals surface area (Å²) in [5, 5.41) is 18.0. The molecule has 3 rings (SSSR count). The molecule has 2 aromatic carbocycles. The summed E-state index contributed by atoms with van der Waals surface area (Å²) >= 11 is 0. The van der Waals surface area contributed by atoms with Gasteiger partial charge in [0, 0.05) is 12.2 Å². The number of aromatic nitrogens is 3. The van der Waals surface area contributed by atoms with Gasteiger partial charge in [-0.2, -0.15) is 15.2 Å². The summed E-state index contributed by atoms with van der Waals surface area (Å²) in [6.45, 7) is 8.52. The van der Waals surface area contributed by atoms with E-state index in [2.05, 4.69) is 22.3 Å². The Hall–Kier alpha value is -3.66. The van der Waals surface area contributed by atoms with Crippen LogP contribution in [0.15, 0.2) is 42.5 Å². The maximum atomic E-state index is 13.3. The third-order valence-corrected chi connectivity index (χ3v) is 4.70. The predicted octanol–water partition coefficient (Wildman–Crippen LogP) is 4.15. The number of anilines is 1. The summed E-state index contributed by atoms with van der Waals surface area (Å²) in [4.78, 5) is 16.4. The van der Waals surface area contributed by atoms with Crippen molar-refractivity contribution in [3.8, 4) is 17.5 Å². The molecule has 154 valence electrons. The van der Waals surface area contributed by atoms with Crippen LogP contribution in [0.3, 0.4) is 0 Å². The molecular weight excluding hydrogens is 378 g/mol. The monoisotopic (exact) mass is 403 g/mol. The van der Waals surface area contributed by atoms with Crippen LogP contribution in [0.1, 0.15) is 40.7 Å². The molecule has 0 aliphatic carbocycles. The number of hydrogen-bond donors (Lipinski definition) is 0. The second kappa shape index (κ2) is 9.23. The highest BCUT2D eigenvalue weighted by Crippen LogP contribution is 2.23. The van der Waals surface area contributed by atoms with Gasteiger partial charge in [-0.05, 0) is 63.6 Å². The van der Waals surface area contributed by atoms with Gasteiger partial charge in [-0.1, -0.05) is 17.7 Å². The molecule has 7 heteroatoms. The minimum absolute atomic E-state index is 0.212. The predicted molar refractivity (Wildman–Crippen MR) is 115 cm³/mol. The molecule has 3 aromatic rings. The van der Waals surface area contributed by atoms with Crippen LogP contribution in [0, 0.1) is 32.1 Å². The maximum Gasteiger partial charge on any atom is 0.280 e. The molecule has 0 aliphatic heterocycles. The van der Waals surface area contributed by atoms with Crippen LogP contribution in [0.5, 0.6) is 5.75 Å². The summed E-state index contributed by atoms with van der Waals surface area (Å²) in [6.07, 6.45) is 0.212. The Bertz CT molecular complexity index is 1080. The summed E-state index contributed by atoms with van der Waals surface area (Å²) in [5.41, 5.74) is 4.48. The van der Waals surface area contributed by atoms with E-state index in [1.165, 1.54) is 4.80 Å². The standard InChI is InChI=1S/C23H25N5O2/c1-5-30-20-10-8-19(9-11-20)27(14-6-13-24)23(29)22-18(4)25-28(26-22)21-12-7-16(2)15-17(21)3/h7-12,15H,5-6,14H2,1-4H3. The number of ether oxygens (including phenoxy) is 1. The molecule has 1 amide bonds. The van der Waals surface area contributed by atoms with E-state index in [0.29, 0.717) is 18.0 Å². The largest absolute Gasteiger partial charge is 0.494 e. The van der Waals surface area contributed by atoms with E-state index in [-0.39, 0.29) is 24.6 Å². The van der Waals surface area contributed by atoms with Crippen LogP contribution >= 0.6 is 0 Å². The Morgan fingerprint density at radius 3 is 2.50 bits per heavy atom. The Morgan fingerprint density at radius 1 is 1.13 bits per heavy atom. The van der Waals surface area contributed by atoms with E-state index in [4.69, 9.17) is 10.00 Å². The van der Waals surface area contributed by atoms with Gasteiger partial charge >= 0.3 is 0 Å². The van der Waals surface area contributed by atoms with Gasteiger partial charge < -0.3 is 9.64 Å². The molecule has 0 saturated carbocycles. The molecule has 7 nitrogen and oxygen atoms in total. The summed E-state index contributed by atoms with van der Waals surface area (Å²) in [6, 6.07) is 15.3. The number of hydrogen-bond acceptors (Lipinski definition) is 5. The number of aryl methyl sites for hydroxylation is 3. The van der Waals surface area contributed by atoms with Crippen molar-refractivity contribution in [1.29, 1.82) is 5.26 Å². The fourth-order valence-electron chi connectivity index (χ4n) is 3.24. The van der Waals surface area contributed by atoms with Crippen LogP contribution in [0.4, 0.5) is 5.69 Å². The number of carbonyl (C=O) groups is 1. The molecule has 0 spiro atoms. The van der Waals surface area contributed by atoms with Crippen LogP contribution in [0.2, 0.25) is 0 Å². The minimum atomic E-state index is -0.289. The second-order valence-electron chi connectivity index (χ2n) is 7.01. The van der Waals surface area contributed by atoms with E-state index in [9.17, 15) is 4.79 Å². The van der Waals surface area contributed by atoms with E-state index in [0.717, 1.165) is 22.6 Å². The molecule has 1 heterocycles. The Balaban J connectivity index is 1.94. The topological polar surface area (TPSA) is 84.0 Å². The van der Waals surface area contributed by atoms with Crippen LogP contribution in [-0.2, 0) is 0 Å². The van der Waals surface area contributed by atoms with Crippen molar-refractivity contribution in [3.63, 3.8) is 0 Å². The molecule has 0 unspecified atom stereocenters. The van der Waals surface area contributed by atoms with Crippen molar-refractivity contribution >= 4 is 11.6 Å². The average molecular weight is 403 g/mol. The first-order valence-electron chi connectivity index (χ1n) is 9.87. The van der Waals surface area contributed by atoms with Crippen molar-refractivity contribution in [2.75, 3.05) is 18.1 Å². The number of nitrogens with zero attached hydrogens (tertiary/aromatic N) is 5. The lowest BCUT2D eigenvalue weighted by Crippen LogP contribution is -2.32. The van der Waals surface area contributed by atoms with Crippen molar-refractivity contribution in [3.05, 3.63) is 65.0 Å². The second-order valence-corrected chi connectivity index (χ2v) is 7.01. The average Bonchev–Trinajstić information content (AvgIpc) is 3.10. The lowest BCUT2D eigenvalue weighted by atomic mass is 10.1. The first-order chi connectivity index (χ1) is 14.4. The zero-order valence-corrected chi connectivity index (χ0v) is 17.7. The summed E-state index contributed by atoms with van der Waals surface area (Å²) in [5.74, 6) is 0.439. The molecule has 0 N–H and O–H groups in total. The molecule has 0 atom stereocenters. The van der Waals surface area contributed by atoms with Gasteiger partial charge in [-0.3, -0.25) is 4.79 Å². The summed E-state index contributed by atoms with van der Waals surface area (Å²) < 4.78 is 5.48. The Morgan fingerprint density at radius 2 is 1.87 bits per heavy atom. The van der Waals surface area contributed by atoms with Crippen LogP contribution in [0.25, 0.3) is 5.69 Å². The first kappa shape index (κ1) is 21.1. The van der Waals surface area contributed by atoms with Gasteiger partial charge in [0.25, 0.3) is 5.91 Å². The van der Waals surface area contributed by atoms with E-state index in [1.54, 1.807) is 11.8 Å². The summed E-state index contributed by atoms with van der Waals surface area (Å²) in [7, 11) is 0. The molecule has 0 radical (unpaired) electrons. The Kier molecular flexibility index (Phi) is 6.48. The maximum absolute atomic E-state index is 13.3. The number of carbonyl (C=O) groups excluding carboxylic acids is 1. The van der Waals surface area contributed by atoms with E-state index < -0.39 is 0 Å². The van der Waals surface area contributed by atoms with E-state index in [1.807, 2.05) is 57.2 Å². The highest BCUT2D eigenvalue weighted by molar-refractivity contribution is 6.05. The molecule has 0 aliphatic rings. The van der Waals surface area contributed by atoms with Crippen LogP contribution in [-0.4, -0.2) is 34.1 Å². The lowest BCUT2D eigenvalue weighted by molar-refractivity contribution is 0.0981. The lowest BCUT2D eigenvalue weighted by Gasteiger charge is -2.21. The molecule has 30 heavy (non-hydrogen) atoms. The number of amides is 1. The van der Waals surface area contributed by atoms with Crippen LogP contribution < -0.4 is 9.64 Å². The number of nitriles is 1. The highest BCUT2D eigenvalue weighted by Gasteiger charge is 2.24. The van der Waals surface area contributed by atoms with Gasteiger partial charge in [0.05, 0.1) is 30.5 Å². The van der Waals surface area contributed by atoms with Crippen molar-refractivity contribution in [2.45, 2.75) is 34.1 Å². The third-order valence-electron chi connectivity index (χ3n) is 4.70. The fraction of sp³-hybridized carbons (Fsp3) is 0.304. The van der Waals surface area contributed by atoms with E-state index >= 15 is 0 Å². The van der Waals surface area contributed by atoms with Gasteiger partial charge in [-0.15, -0.1) is 5.10 Å².